The standard InChI is InChI=1S/C6H5N2O4S/c7-13(11)12-6-3-1-2-5(4-6)8(9)10/h1-4,7H/q-1. The summed E-state index contributed by atoms with van der Waals surface area (Å²) in [6, 6.07) is 5.16. The van der Waals surface area contributed by atoms with Crippen LogP contribution in [0.1, 0.15) is 0 Å². The van der Waals surface area contributed by atoms with Crippen molar-refractivity contribution in [1.82, 2.24) is 0 Å². The molecule has 0 radical (unpaired) electrons. The number of nitro benzene ring substituents is 1. The highest BCUT2D eigenvalue weighted by Gasteiger charge is 2.04. The van der Waals surface area contributed by atoms with Crippen LogP contribution in [0.5, 0.6) is 5.75 Å². The quantitative estimate of drug-likeness (QED) is 0.456. The van der Waals surface area contributed by atoms with E-state index in [1.54, 1.807) is 0 Å². The molecule has 6 nitrogen and oxygen atoms in total. The van der Waals surface area contributed by atoms with Crippen molar-refractivity contribution < 1.29 is 13.3 Å². The molecule has 0 heterocycles. The average Bonchev–Trinajstić information content (AvgIpc) is 2.03. The van der Waals surface area contributed by atoms with Gasteiger partial charge in [0.25, 0.3) is 5.69 Å². The summed E-state index contributed by atoms with van der Waals surface area (Å²) in [7, 11) is -2.21. The Bertz CT molecular complexity index is 393. The van der Waals surface area contributed by atoms with Gasteiger partial charge in [0.1, 0.15) is 5.75 Å². The maximum Gasteiger partial charge on any atom is 0.273 e. The zero-order chi connectivity index (χ0) is 9.84. The average molecular weight is 201 g/mol. The second-order valence-corrected chi connectivity index (χ2v) is 2.71. The highest BCUT2D eigenvalue weighted by atomic mass is 32.2. The molecule has 0 aliphatic rings. The molecule has 0 aliphatic heterocycles. The first-order valence-corrected chi connectivity index (χ1v) is 4.23. The first-order chi connectivity index (χ1) is 6.09. The summed E-state index contributed by atoms with van der Waals surface area (Å²) < 4.78 is 21.3. The number of hydrogen-bond acceptors (Lipinski definition) is 6. The van der Waals surface area contributed by atoms with E-state index in [9.17, 15) is 14.3 Å². The molecule has 1 rings (SSSR count). The molecule has 0 saturated heterocycles. The van der Waals surface area contributed by atoms with Crippen molar-refractivity contribution in [2.75, 3.05) is 0 Å². The molecular weight excluding hydrogens is 196 g/mol. The summed E-state index contributed by atoms with van der Waals surface area (Å²) in [4.78, 5) is 9.67. The molecule has 0 aliphatic carbocycles. The summed E-state index contributed by atoms with van der Waals surface area (Å²) >= 11 is 0. The monoisotopic (exact) mass is 201 g/mol. The van der Waals surface area contributed by atoms with Gasteiger partial charge in [0.2, 0.25) is 0 Å². The van der Waals surface area contributed by atoms with Crippen molar-refractivity contribution in [3.63, 3.8) is 0 Å². The van der Waals surface area contributed by atoms with E-state index in [1.165, 1.54) is 18.2 Å². The maximum absolute atomic E-state index is 10.3. The number of hydrogen-bond donors (Lipinski definition) is 1. The smallest absolute Gasteiger partial charge is 0.273 e. The first kappa shape index (κ1) is 9.46. The van der Waals surface area contributed by atoms with Gasteiger partial charge in [0, 0.05) is 6.07 Å². The fourth-order valence-corrected chi connectivity index (χ4v) is 1.01. The van der Waals surface area contributed by atoms with Crippen LogP contribution in [0.2, 0.25) is 0 Å². The van der Waals surface area contributed by atoms with Crippen LogP contribution in [-0.4, -0.2) is 4.92 Å². The predicted molar refractivity (Wildman–Crippen MR) is 44.5 cm³/mol. The SMILES string of the molecule is N=[S-](=O)Oc1cccc([N+](=O)[O-])c1. The van der Waals surface area contributed by atoms with Gasteiger partial charge < -0.3 is 13.2 Å². The molecule has 1 aromatic rings. The van der Waals surface area contributed by atoms with E-state index < -0.39 is 15.8 Å². The minimum atomic E-state index is -2.21. The van der Waals surface area contributed by atoms with Crippen LogP contribution in [0.25, 0.3) is 0 Å². The lowest BCUT2D eigenvalue weighted by atomic mass is 10.3. The molecule has 7 heteroatoms. The van der Waals surface area contributed by atoms with E-state index in [0.717, 1.165) is 6.07 Å². The van der Waals surface area contributed by atoms with Crippen molar-refractivity contribution in [3.05, 3.63) is 34.4 Å². The van der Waals surface area contributed by atoms with Gasteiger partial charge >= 0.3 is 0 Å². The molecule has 1 N–H and O–H groups in total. The van der Waals surface area contributed by atoms with Crippen LogP contribution in [0.15, 0.2) is 24.3 Å². The fraction of sp³-hybridized carbons (Fsp3) is 0. The number of nitrogens with one attached hydrogen (secondary N) is 1. The van der Waals surface area contributed by atoms with Crippen LogP contribution in [0.4, 0.5) is 5.69 Å². The number of rotatable bonds is 3. The molecular formula is C6H5N2O4S-. The number of benzene rings is 1. The van der Waals surface area contributed by atoms with Crippen molar-refractivity contribution in [3.8, 4) is 5.75 Å². The summed E-state index contributed by atoms with van der Waals surface area (Å²) in [6.45, 7) is 0. The molecule has 0 unspecified atom stereocenters. The van der Waals surface area contributed by atoms with E-state index in [-0.39, 0.29) is 11.4 Å². The van der Waals surface area contributed by atoms with Gasteiger partial charge in [-0.05, 0) is 16.9 Å². The number of nitrogens with zero attached hydrogens (tertiary/aromatic N) is 1. The normalized spacial score (nSPS) is 9.92. The Labute approximate surface area is 75.5 Å². The highest BCUT2D eigenvalue weighted by molar-refractivity contribution is 7.68. The minimum Gasteiger partial charge on any atom is -0.546 e. The molecule has 0 spiro atoms. The van der Waals surface area contributed by atoms with Gasteiger partial charge in [0.05, 0.1) is 11.0 Å². The minimum absolute atomic E-state index is 0.0440. The molecule has 0 aromatic heterocycles. The second kappa shape index (κ2) is 3.85. The summed E-state index contributed by atoms with van der Waals surface area (Å²) in [6.07, 6.45) is 0. The molecule has 13 heavy (non-hydrogen) atoms. The van der Waals surface area contributed by atoms with Gasteiger partial charge in [0.15, 0.2) is 0 Å². The topological polar surface area (TPSA) is 93.3 Å². The Morgan fingerprint density at radius 2 is 2.23 bits per heavy atom. The zero-order valence-corrected chi connectivity index (χ0v) is 7.11. The van der Waals surface area contributed by atoms with Crippen molar-refractivity contribution in [2.24, 2.45) is 0 Å². The van der Waals surface area contributed by atoms with Crippen LogP contribution < -0.4 is 4.18 Å². The lowest BCUT2D eigenvalue weighted by molar-refractivity contribution is -0.384. The Hall–Kier alpha value is -1.63. The molecule has 0 bridgehead atoms. The van der Waals surface area contributed by atoms with Gasteiger partial charge in [-0.2, -0.15) is 0 Å². The van der Waals surface area contributed by atoms with E-state index in [1.807, 2.05) is 0 Å². The Morgan fingerprint density at radius 1 is 1.54 bits per heavy atom. The van der Waals surface area contributed by atoms with Gasteiger partial charge in [-0.3, -0.25) is 10.1 Å². The van der Waals surface area contributed by atoms with E-state index in [0.29, 0.717) is 0 Å². The van der Waals surface area contributed by atoms with Crippen molar-refractivity contribution >= 4 is 16.6 Å². The molecule has 0 atom stereocenters. The molecule has 0 fully saturated rings. The number of non-ortho nitro benzene ring substituents is 1. The van der Waals surface area contributed by atoms with Crippen molar-refractivity contribution in [1.29, 1.82) is 4.78 Å². The Morgan fingerprint density at radius 3 is 2.77 bits per heavy atom. The summed E-state index contributed by atoms with van der Waals surface area (Å²) in [5.41, 5.74) is -0.164. The van der Waals surface area contributed by atoms with Gasteiger partial charge in [-0.1, -0.05) is 6.07 Å². The van der Waals surface area contributed by atoms with Gasteiger partial charge in [-0.25, -0.2) is 0 Å². The van der Waals surface area contributed by atoms with Crippen LogP contribution in [-0.2, 0) is 15.1 Å². The highest BCUT2D eigenvalue weighted by Crippen LogP contribution is 2.18. The third-order valence-corrected chi connectivity index (χ3v) is 1.54. The molecule has 70 valence electrons. The first-order valence-electron chi connectivity index (χ1n) is 3.15. The fourth-order valence-electron chi connectivity index (χ4n) is 0.736. The third-order valence-electron chi connectivity index (χ3n) is 1.20. The van der Waals surface area contributed by atoms with Crippen LogP contribution in [0, 0.1) is 14.9 Å². The van der Waals surface area contributed by atoms with E-state index in [2.05, 4.69) is 4.18 Å². The van der Waals surface area contributed by atoms with E-state index >= 15 is 0 Å². The summed E-state index contributed by atoms with van der Waals surface area (Å²) in [5, 5.41) is 10.3. The molecule has 0 saturated carbocycles. The van der Waals surface area contributed by atoms with Crippen molar-refractivity contribution in [2.45, 2.75) is 0 Å². The lowest BCUT2D eigenvalue weighted by Crippen LogP contribution is -1.90. The maximum atomic E-state index is 10.3. The molecule has 0 amide bonds. The lowest BCUT2D eigenvalue weighted by Gasteiger charge is -2.05. The van der Waals surface area contributed by atoms with Crippen LogP contribution in [0.3, 0.4) is 0 Å². The van der Waals surface area contributed by atoms with E-state index in [4.69, 9.17) is 4.78 Å². The van der Waals surface area contributed by atoms with Gasteiger partial charge in [-0.15, -0.1) is 0 Å². The summed E-state index contributed by atoms with van der Waals surface area (Å²) in [5.74, 6) is 0.0440. The third kappa shape index (κ3) is 2.71. The number of nitro groups is 1. The Balaban J connectivity index is 2.98. The predicted octanol–water partition coefficient (Wildman–Crippen LogP) is 1.61. The van der Waals surface area contributed by atoms with Crippen LogP contribution >= 0.6 is 0 Å². The zero-order valence-electron chi connectivity index (χ0n) is 6.30. The Kier molecular flexibility index (Phi) is 2.80. The largest absolute Gasteiger partial charge is 0.546 e. The second-order valence-electron chi connectivity index (χ2n) is 2.07. The molecule has 1 aromatic carbocycles.